The number of ether oxygens (including phenoxy) is 3. The standard InChI is InChI=1S/C18H20BrNO4/c1-22-16-9-15(19)17(23-2)8-13(16)14(10-20)18(21)24-11-12-6-4-3-5-7-12/h3-9,14H,10-11,20H2,1-2H3. The Balaban J connectivity index is 2.22. The maximum Gasteiger partial charge on any atom is 0.315 e. The molecule has 0 aliphatic heterocycles. The molecule has 1 unspecified atom stereocenters. The molecule has 0 heterocycles. The van der Waals surface area contributed by atoms with Gasteiger partial charge in [0, 0.05) is 12.1 Å². The Hall–Kier alpha value is -2.05. The highest BCUT2D eigenvalue weighted by atomic mass is 79.9. The van der Waals surface area contributed by atoms with Gasteiger partial charge in [-0.1, -0.05) is 30.3 Å². The lowest BCUT2D eigenvalue weighted by molar-refractivity contribution is -0.146. The van der Waals surface area contributed by atoms with E-state index in [1.54, 1.807) is 26.4 Å². The van der Waals surface area contributed by atoms with E-state index in [2.05, 4.69) is 15.9 Å². The summed E-state index contributed by atoms with van der Waals surface area (Å²) in [4.78, 5) is 12.5. The molecule has 0 spiro atoms. The predicted octanol–water partition coefficient (Wildman–Crippen LogP) is 3.25. The van der Waals surface area contributed by atoms with E-state index in [0.717, 1.165) is 10.0 Å². The van der Waals surface area contributed by atoms with Crippen molar-refractivity contribution in [1.29, 1.82) is 0 Å². The zero-order valence-corrected chi connectivity index (χ0v) is 15.2. The van der Waals surface area contributed by atoms with Crippen molar-refractivity contribution in [3.05, 3.63) is 58.1 Å². The van der Waals surface area contributed by atoms with Crippen molar-refractivity contribution in [3.8, 4) is 11.5 Å². The first-order valence-electron chi connectivity index (χ1n) is 7.42. The molecule has 0 bridgehead atoms. The van der Waals surface area contributed by atoms with Gasteiger partial charge in [-0.25, -0.2) is 0 Å². The van der Waals surface area contributed by atoms with Gasteiger partial charge in [-0.2, -0.15) is 0 Å². The summed E-state index contributed by atoms with van der Waals surface area (Å²) in [5.74, 6) is 0.115. The molecule has 128 valence electrons. The average molecular weight is 394 g/mol. The van der Waals surface area contributed by atoms with Crippen molar-refractivity contribution in [2.75, 3.05) is 20.8 Å². The monoisotopic (exact) mass is 393 g/mol. The fourth-order valence-corrected chi connectivity index (χ4v) is 2.82. The average Bonchev–Trinajstić information content (AvgIpc) is 2.62. The predicted molar refractivity (Wildman–Crippen MR) is 95.3 cm³/mol. The Morgan fingerprint density at radius 3 is 2.38 bits per heavy atom. The lowest BCUT2D eigenvalue weighted by Crippen LogP contribution is -2.24. The van der Waals surface area contributed by atoms with E-state index in [0.29, 0.717) is 17.1 Å². The van der Waals surface area contributed by atoms with Gasteiger partial charge in [-0.3, -0.25) is 4.79 Å². The molecule has 0 aliphatic rings. The third-order valence-electron chi connectivity index (χ3n) is 3.62. The minimum absolute atomic E-state index is 0.106. The molecule has 2 N–H and O–H groups in total. The molecule has 24 heavy (non-hydrogen) atoms. The van der Waals surface area contributed by atoms with E-state index in [-0.39, 0.29) is 13.2 Å². The van der Waals surface area contributed by atoms with Crippen LogP contribution in [0.15, 0.2) is 46.9 Å². The van der Waals surface area contributed by atoms with Gasteiger partial charge in [-0.05, 0) is 33.6 Å². The third-order valence-corrected chi connectivity index (χ3v) is 4.24. The summed E-state index contributed by atoms with van der Waals surface area (Å²) in [7, 11) is 3.10. The summed E-state index contributed by atoms with van der Waals surface area (Å²) in [5, 5.41) is 0. The molecule has 2 aromatic carbocycles. The number of hydrogen-bond acceptors (Lipinski definition) is 5. The van der Waals surface area contributed by atoms with Crippen LogP contribution in [0, 0.1) is 0 Å². The van der Waals surface area contributed by atoms with Gasteiger partial charge < -0.3 is 19.9 Å². The lowest BCUT2D eigenvalue weighted by atomic mass is 9.98. The van der Waals surface area contributed by atoms with Crippen LogP contribution in [0.1, 0.15) is 17.0 Å². The van der Waals surface area contributed by atoms with Crippen molar-refractivity contribution in [2.24, 2.45) is 5.73 Å². The Labute approximate surface area is 149 Å². The van der Waals surface area contributed by atoms with E-state index in [1.807, 2.05) is 30.3 Å². The van der Waals surface area contributed by atoms with Gasteiger partial charge in [0.15, 0.2) is 0 Å². The van der Waals surface area contributed by atoms with Gasteiger partial charge in [0.05, 0.1) is 24.6 Å². The number of benzene rings is 2. The van der Waals surface area contributed by atoms with Crippen molar-refractivity contribution in [1.82, 2.24) is 0 Å². The van der Waals surface area contributed by atoms with Gasteiger partial charge in [0.1, 0.15) is 18.1 Å². The van der Waals surface area contributed by atoms with Crippen LogP contribution in [0.5, 0.6) is 11.5 Å². The van der Waals surface area contributed by atoms with Crippen LogP contribution >= 0.6 is 15.9 Å². The quantitative estimate of drug-likeness (QED) is 0.730. The summed E-state index contributed by atoms with van der Waals surface area (Å²) in [6.07, 6.45) is 0. The first-order chi connectivity index (χ1) is 11.6. The smallest absolute Gasteiger partial charge is 0.315 e. The Morgan fingerprint density at radius 2 is 1.79 bits per heavy atom. The van der Waals surface area contributed by atoms with Crippen LogP contribution in [-0.2, 0) is 16.1 Å². The first-order valence-corrected chi connectivity index (χ1v) is 8.22. The number of carbonyl (C=O) groups excluding carboxylic acids is 1. The van der Waals surface area contributed by atoms with Crippen molar-refractivity contribution >= 4 is 21.9 Å². The summed E-state index contributed by atoms with van der Waals surface area (Å²) in [5.41, 5.74) is 7.37. The van der Waals surface area contributed by atoms with Crippen LogP contribution in [0.4, 0.5) is 0 Å². The maximum absolute atomic E-state index is 12.5. The SMILES string of the molecule is COc1cc(C(CN)C(=O)OCc2ccccc2)c(OC)cc1Br. The minimum Gasteiger partial charge on any atom is -0.496 e. The molecular formula is C18H20BrNO4. The van der Waals surface area contributed by atoms with Crippen molar-refractivity contribution in [3.63, 3.8) is 0 Å². The van der Waals surface area contributed by atoms with E-state index in [9.17, 15) is 4.79 Å². The topological polar surface area (TPSA) is 70.8 Å². The van der Waals surface area contributed by atoms with Gasteiger partial charge in [0.25, 0.3) is 0 Å². The molecule has 0 aliphatic carbocycles. The highest BCUT2D eigenvalue weighted by Crippen LogP contribution is 2.36. The first kappa shape index (κ1) is 18.3. The number of rotatable bonds is 7. The molecule has 0 amide bonds. The Kier molecular flexibility index (Phi) is 6.63. The van der Waals surface area contributed by atoms with Crippen LogP contribution in [-0.4, -0.2) is 26.7 Å². The number of carbonyl (C=O) groups is 1. The molecule has 0 saturated heterocycles. The van der Waals surface area contributed by atoms with Crippen LogP contribution in [0.3, 0.4) is 0 Å². The van der Waals surface area contributed by atoms with Crippen LogP contribution < -0.4 is 15.2 Å². The summed E-state index contributed by atoms with van der Waals surface area (Å²) in [6.45, 7) is 0.306. The zero-order chi connectivity index (χ0) is 17.5. The second kappa shape index (κ2) is 8.70. The third kappa shape index (κ3) is 4.27. The molecule has 5 nitrogen and oxygen atoms in total. The second-order valence-electron chi connectivity index (χ2n) is 5.11. The van der Waals surface area contributed by atoms with E-state index in [4.69, 9.17) is 19.9 Å². The lowest BCUT2D eigenvalue weighted by Gasteiger charge is -2.19. The number of halogens is 1. The van der Waals surface area contributed by atoms with Gasteiger partial charge >= 0.3 is 5.97 Å². The highest BCUT2D eigenvalue weighted by Gasteiger charge is 2.26. The number of methoxy groups -OCH3 is 2. The fourth-order valence-electron chi connectivity index (χ4n) is 2.34. The van der Waals surface area contributed by atoms with Gasteiger partial charge in [0.2, 0.25) is 0 Å². The molecule has 0 saturated carbocycles. The molecule has 1 atom stereocenters. The molecule has 0 aromatic heterocycles. The largest absolute Gasteiger partial charge is 0.496 e. The second-order valence-corrected chi connectivity index (χ2v) is 5.96. The Bertz CT molecular complexity index is 691. The van der Waals surface area contributed by atoms with Crippen LogP contribution in [0.2, 0.25) is 0 Å². The molecular weight excluding hydrogens is 374 g/mol. The van der Waals surface area contributed by atoms with Crippen molar-refractivity contribution in [2.45, 2.75) is 12.5 Å². The van der Waals surface area contributed by atoms with E-state index >= 15 is 0 Å². The number of hydrogen-bond donors (Lipinski definition) is 1. The Morgan fingerprint density at radius 1 is 1.12 bits per heavy atom. The maximum atomic E-state index is 12.5. The van der Waals surface area contributed by atoms with Gasteiger partial charge in [-0.15, -0.1) is 0 Å². The zero-order valence-electron chi connectivity index (χ0n) is 13.6. The van der Waals surface area contributed by atoms with E-state index in [1.165, 1.54) is 0 Å². The number of nitrogens with two attached hydrogens (primary N) is 1. The summed E-state index contributed by atoms with van der Waals surface area (Å²) >= 11 is 3.40. The molecule has 2 aromatic rings. The van der Waals surface area contributed by atoms with E-state index < -0.39 is 11.9 Å². The molecule has 6 heteroatoms. The molecule has 2 rings (SSSR count). The highest BCUT2D eigenvalue weighted by molar-refractivity contribution is 9.10. The number of esters is 1. The molecule has 0 fully saturated rings. The molecule has 0 radical (unpaired) electrons. The normalized spacial score (nSPS) is 11.7. The van der Waals surface area contributed by atoms with Crippen LogP contribution in [0.25, 0.3) is 0 Å². The minimum atomic E-state index is -0.634. The summed E-state index contributed by atoms with van der Waals surface area (Å²) < 4.78 is 16.8. The summed E-state index contributed by atoms with van der Waals surface area (Å²) in [6, 6.07) is 13.0. The fraction of sp³-hybridized carbons (Fsp3) is 0.278. The van der Waals surface area contributed by atoms with Crippen molar-refractivity contribution < 1.29 is 19.0 Å².